The Hall–Kier alpha value is -0.860. The number of hydrogen-bond donors (Lipinski definition) is 0. The molecule has 0 atom stereocenters. The van der Waals surface area contributed by atoms with Crippen molar-refractivity contribution in [1.82, 2.24) is 0 Å². The smallest absolute Gasteiger partial charge is 0.0711 e. The van der Waals surface area contributed by atoms with E-state index in [0.29, 0.717) is 6.61 Å². The lowest BCUT2D eigenvalue weighted by Gasteiger charge is -2.02. The van der Waals surface area contributed by atoms with Gasteiger partial charge in [-0.25, -0.2) is 0 Å². The van der Waals surface area contributed by atoms with Gasteiger partial charge >= 0.3 is 0 Å². The van der Waals surface area contributed by atoms with Crippen molar-refractivity contribution < 1.29 is 9.47 Å². The molecule has 0 aliphatic heterocycles. The number of allylic oxidation sites excluding steroid dienone is 2. The second-order valence-corrected chi connectivity index (χ2v) is 2.65. The minimum atomic E-state index is 0.577. The largest absolute Gasteiger partial charge is 0.385 e. The van der Waals surface area contributed by atoms with Gasteiger partial charge in [-0.3, -0.25) is 0 Å². The molecule has 0 aliphatic carbocycles. The van der Waals surface area contributed by atoms with E-state index in [0.717, 1.165) is 25.2 Å². The first-order valence-corrected chi connectivity index (χ1v) is 5.34. The van der Waals surface area contributed by atoms with E-state index in [9.17, 15) is 0 Å². The SMILES string of the molecule is C=C/C=C\C(=C)COCCCOC.CC. The summed E-state index contributed by atoms with van der Waals surface area (Å²) in [5.74, 6) is 0. The molecule has 0 bridgehead atoms. The average Bonchev–Trinajstić information content (AvgIpc) is 2.29. The lowest BCUT2D eigenvalue weighted by molar-refractivity contribution is 0.118. The van der Waals surface area contributed by atoms with Crippen molar-refractivity contribution in [3.63, 3.8) is 0 Å². The molecule has 0 rings (SSSR count). The molecule has 2 heteroatoms. The zero-order valence-electron chi connectivity index (χ0n) is 10.3. The Bertz CT molecular complexity index is 171. The number of rotatable bonds is 8. The molecule has 15 heavy (non-hydrogen) atoms. The number of methoxy groups -OCH3 is 1. The monoisotopic (exact) mass is 212 g/mol. The van der Waals surface area contributed by atoms with E-state index >= 15 is 0 Å². The van der Waals surface area contributed by atoms with Crippen LogP contribution in [0.4, 0.5) is 0 Å². The number of hydrogen-bond acceptors (Lipinski definition) is 2. The summed E-state index contributed by atoms with van der Waals surface area (Å²) in [5, 5.41) is 0. The van der Waals surface area contributed by atoms with Gasteiger partial charge in [0.2, 0.25) is 0 Å². The zero-order valence-corrected chi connectivity index (χ0v) is 10.3. The van der Waals surface area contributed by atoms with E-state index in [2.05, 4.69) is 13.2 Å². The van der Waals surface area contributed by atoms with Crippen LogP contribution in [0.25, 0.3) is 0 Å². The Labute approximate surface area is 94.3 Å². The van der Waals surface area contributed by atoms with Crippen LogP contribution in [0.5, 0.6) is 0 Å². The Morgan fingerprint density at radius 3 is 2.47 bits per heavy atom. The average molecular weight is 212 g/mol. The van der Waals surface area contributed by atoms with Gasteiger partial charge < -0.3 is 9.47 Å². The Morgan fingerprint density at radius 1 is 1.27 bits per heavy atom. The molecule has 0 spiro atoms. The number of ether oxygens (including phenoxy) is 2. The van der Waals surface area contributed by atoms with Crippen molar-refractivity contribution in [2.45, 2.75) is 20.3 Å². The minimum absolute atomic E-state index is 0.577. The quantitative estimate of drug-likeness (QED) is 0.453. The first-order valence-electron chi connectivity index (χ1n) is 5.34. The third-order valence-electron chi connectivity index (χ3n) is 1.39. The van der Waals surface area contributed by atoms with Gasteiger partial charge in [-0.05, 0) is 12.0 Å². The third-order valence-corrected chi connectivity index (χ3v) is 1.39. The highest BCUT2D eigenvalue weighted by atomic mass is 16.5. The van der Waals surface area contributed by atoms with Gasteiger partial charge in [0.05, 0.1) is 6.61 Å². The summed E-state index contributed by atoms with van der Waals surface area (Å²) < 4.78 is 10.2. The Balaban J connectivity index is 0. The molecule has 2 nitrogen and oxygen atoms in total. The fourth-order valence-electron chi connectivity index (χ4n) is 0.761. The zero-order chi connectivity index (χ0) is 11.9. The molecule has 0 fully saturated rings. The van der Waals surface area contributed by atoms with Crippen LogP contribution in [0.1, 0.15) is 20.3 Å². The summed E-state index contributed by atoms with van der Waals surface area (Å²) in [5.41, 5.74) is 0.956. The van der Waals surface area contributed by atoms with Crippen LogP contribution in [0.2, 0.25) is 0 Å². The highest BCUT2D eigenvalue weighted by molar-refractivity contribution is 5.18. The molecule has 88 valence electrons. The molecule has 0 unspecified atom stereocenters. The maximum absolute atomic E-state index is 5.33. The molecular formula is C13H24O2. The Kier molecular flexibility index (Phi) is 17.2. The molecule has 0 saturated carbocycles. The Morgan fingerprint density at radius 2 is 1.93 bits per heavy atom. The van der Waals surface area contributed by atoms with Crippen LogP contribution >= 0.6 is 0 Å². The topological polar surface area (TPSA) is 18.5 Å². The molecule has 0 aromatic heterocycles. The summed E-state index contributed by atoms with van der Waals surface area (Å²) >= 11 is 0. The van der Waals surface area contributed by atoms with Crippen LogP contribution in [0.3, 0.4) is 0 Å². The van der Waals surface area contributed by atoms with Gasteiger partial charge in [0.25, 0.3) is 0 Å². The minimum Gasteiger partial charge on any atom is -0.385 e. The van der Waals surface area contributed by atoms with E-state index < -0.39 is 0 Å². The fraction of sp³-hybridized carbons (Fsp3) is 0.538. The second-order valence-electron chi connectivity index (χ2n) is 2.65. The van der Waals surface area contributed by atoms with Crippen LogP contribution in [0.15, 0.2) is 37.0 Å². The summed E-state index contributed by atoms with van der Waals surface area (Å²) in [6, 6.07) is 0. The van der Waals surface area contributed by atoms with Crippen molar-refractivity contribution in [2.75, 3.05) is 26.9 Å². The summed E-state index contributed by atoms with van der Waals surface area (Å²) in [4.78, 5) is 0. The molecule has 0 aliphatic rings. The van der Waals surface area contributed by atoms with Crippen LogP contribution in [-0.4, -0.2) is 26.9 Å². The van der Waals surface area contributed by atoms with E-state index in [1.807, 2.05) is 26.0 Å². The van der Waals surface area contributed by atoms with Gasteiger partial charge in [-0.2, -0.15) is 0 Å². The van der Waals surface area contributed by atoms with Crippen LogP contribution in [0, 0.1) is 0 Å². The fourth-order valence-corrected chi connectivity index (χ4v) is 0.761. The van der Waals surface area contributed by atoms with Crippen LogP contribution < -0.4 is 0 Å². The highest BCUT2D eigenvalue weighted by Crippen LogP contribution is 1.95. The van der Waals surface area contributed by atoms with Crippen LogP contribution in [-0.2, 0) is 9.47 Å². The molecular weight excluding hydrogens is 188 g/mol. The second kappa shape index (κ2) is 15.6. The van der Waals surface area contributed by atoms with Gasteiger partial charge in [0, 0.05) is 20.3 Å². The van der Waals surface area contributed by atoms with E-state index in [-0.39, 0.29) is 0 Å². The molecule has 0 heterocycles. The van der Waals surface area contributed by atoms with E-state index in [1.54, 1.807) is 13.2 Å². The normalized spacial score (nSPS) is 9.53. The van der Waals surface area contributed by atoms with Gasteiger partial charge in [-0.1, -0.05) is 45.2 Å². The maximum Gasteiger partial charge on any atom is 0.0711 e. The van der Waals surface area contributed by atoms with E-state index in [4.69, 9.17) is 9.47 Å². The van der Waals surface area contributed by atoms with Crippen molar-refractivity contribution >= 4 is 0 Å². The first-order chi connectivity index (χ1) is 7.31. The summed E-state index contributed by atoms with van der Waals surface area (Å²) in [6.07, 6.45) is 6.38. The van der Waals surface area contributed by atoms with Crippen molar-refractivity contribution in [2.24, 2.45) is 0 Å². The lowest BCUT2D eigenvalue weighted by atomic mass is 10.3. The molecule has 0 aromatic carbocycles. The first kappa shape index (κ1) is 16.6. The van der Waals surface area contributed by atoms with Crippen molar-refractivity contribution in [3.05, 3.63) is 37.0 Å². The molecule has 0 radical (unpaired) electrons. The lowest BCUT2D eigenvalue weighted by Crippen LogP contribution is -2.01. The molecule has 0 N–H and O–H groups in total. The molecule has 0 saturated heterocycles. The van der Waals surface area contributed by atoms with Crippen molar-refractivity contribution in [1.29, 1.82) is 0 Å². The summed E-state index contributed by atoms with van der Waals surface area (Å²) in [6.45, 7) is 13.4. The predicted octanol–water partition coefficient (Wildman–Crippen LogP) is 3.36. The standard InChI is InChI=1S/C11H18O2.C2H6/c1-4-5-7-11(2)10-13-9-6-8-12-3;1-2/h4-5,7H,1-2,6,8-10H2,3H3;1-2H3/b7-5-;. The molecule has 0 amide bonds. The van der Waals surface area contributed by atoms with Gasteiger partial charge in [0.15, 0.2) is 0 Å². The van der Waals surface area contributed by atoms with Crippen molar-refractivity contribution in [3.8, 4) is 0 Å². The molecule has 0 aromatic rings. The highest BCUT2D eigenvalue weighted by Gasteiger charge is 1.89. The maximum atomic E-state index is 5.33. The predicted molar refractivity (Wildman–Crippen MR) is 67.1 cm³/mol. The summed E-state index contributed by atoms with van der Waals surface area (Å²) in [7, 11) is 1.69. The van der Waals surface area contributed by atoms with Gasteiger partial charge in [0.1, 0.15) is 0 Å². The van der Waals surface area contributed by atoms with E-state index in [1.165, 1.54) is 0 Å². The third kappa shape index (κ3) is 15.9. The van der Waals surface area contributed by atoms with Gasteiger partial charge in [-0.15, -0.1) is 0 Å².